The van der Waals surface area contributed by atoms with Crippen LogP contribution in [0.1, 0.15) is 82.2 Å². The van der Waals surface area contributed by atoms with Gasteiger partial charge in [-0.2, -0.15) is 0 Å². The van der Waals surface area contributed by atoms with Gasteiger partial charge in [-0.1, -0.05) is 33.8 Å². The van der Waals surface area contributed by atoms with E-state index in [0.717, 1.165) is 44.7 Å². The van der Waals surface area contributed by atoms with Crippen molar-refractivity contribution in [2.75, 3.05) is 58.6 Å². The SMILES string of the molecule is CCn1c2c3c4cc(ccc41)-c1csc(n1)C[C@H](NC(=O)[C@H](C(C)C)N(C)C(=O)N1CCOC[C@@]14CCS(=O)(=O)C4)C(=O)N1CCC[C@H](N1)C(=O)OCC(C)(C)C3[C@H](OC)c1ncccc1-2. The largest absolute Gasteiger partial charge is 0.464 e. The molecule has 4 aromatic rings. The number of aryl methyl sites for hydroxylation is 1. The summed E-state index contributed by atoms with van der Waals surface area (Å²) in [6, 6.07) is 6.89. The fraction of sp³-hybridized carbons (Fsp3) is 0.574. The van der Waals surface area contributed by atoms with Crippen molar-refractivity contribution in [3.63, 3.8) is 0 Å². The molecule has 1 aliphatic carbocycles. The van der Waals surface area contributed by atoms with Crippen LogP contribution in [0.3, 0.4) is 0 Å². The zero-order chi connectivity index (χ0) is 46.9. The molecule has 3 aromatic heterocycles. The number of methoxy groups -OCH3 is 1. The Morgan fingerprint density at radius 2 is 1.95 bits per heavy atom. The van der Waals surface area contributed by atoms with Crippen molar-refractivity contribution in [2.24, 2.45) is 11.3 Å². The zero-order valence-corrected chi connectivity index (χ0v) is 40.3. The van der Waals surface area contributed by atoms with Gasteiger partial charge in [0, 0.05) is 85.2 Å². The Labute approximate surface area is 389 Å². The highest BCUT2D eigenvalue weighted by Crippen LogP contribution is 2.57. The molecule has 6 atom stereocenters. The van der Waals surface area contributed by atoms with Gasteiger partial charge in [0.05, 0.1) is 59.0 Å². The van der Waals surface area contributed by atoms with Crippen LogP contribution in [0.4, 0.5) is 4.79 Å². The second-order valence-corrected chi connectivity index (χ2v) is 22.6. The molecule has 9 rings (SSSR count). The van der Waals surface area contributed by atoms with E-state index in [1.807, 2.05) is 25.3 Å². The zero-order valence-electron chi connectivity index (χ0n) is 38.7. The van der Waals surface area contributed by atoms with E-state index in [9.17, 15) is 27.6 Å². The average molecular weight is 945 g/mol. The monoisotopic (exact) mass is 944 g/mol. The highest BCUT2D eigenvalue weighted by molar-refractivity contribution is 7.91. The molecule has 5 aliphatic rings. The number of aromatic nitrogens is 3. The number of fused-ring (bicyclic) bond motifs is 8. The Morgan fingerprint density at radius 1 is 1.15 bits per heavy atom. The number of rotatable bonds is 6. The van der Waals surface area contributed by atoms with E-state index < -0.39 is 74.8 Å². The molecule has 19 heteroatoms. The van der Waals surface area contributed by atoms with Crippen LogP contribution in [0, 0.1) is 11.3 Å². The number of thiazole rings is 1. The Kier molecular flexibility index (Phi) is 12.3. The van der Waals surface area contributed by atoms with Gasteiger partial charge in [-0.05, 0) is 61.9 Å². The first-order valence-electron chi connectivity index (χ1n) is 22.9. The van der Waals surface area contributed by atoms with Crippen LogP contribution in [-0.2, 0) is 51.4 Å². The van der Waals surface area contributed by atoms with E-state index in [0.29, 0.717) is 24.4 Å². The Balaban J connectivity index is 1.09. The molecule has 66 heavy (non-hydrogen) atoms. The summed E-state index contributed by atoms with van der Waals surface area (Å²) < 4.78 is 46.0. The predicted octanol–water partition coefficient (Wildman–Crippen LogP) is 4.70. The van der Waals surface area contributed by atoms with Crippen molar-refractivity contribution in [2.45, 2.75) is 103 Å². The molecule has 4 amide bonds. The molecule has 3 fully saturated rings. The van der Waals surface area contributed by atoms with Crippen molar-refractivity contribution in [3.05, 3.63) is 58.2 Å². The van der Waals surface area contributed by atoms with Crippen LogP contribution in [0.2, 0.25) is 0 Å². The number of sulfone groups is 1. The molecule has 0 saturated carbocycles. The maximum absolute atomic E-state index is 14.7. The standard InChI is InChI=1S/C47H60N8O9S2/c1-8-53-34-14-13-28-21-30(34)36-37(41(62-7)38-29(40(36)53)11-9-16-48-38)46(4,5)24-64-44(58)31-12-10-17-55(51-31)43(57)32(22-35-49-33(28)23-65-35)50-42(56)39(27(2)3)52(6)45(59)54-18-19-63-25-47(54)15-20-66(60,61)26-47/h9,11,13-14,16,21,23,27,31-32,37,39,41,51H,8,10,12,15,17-20,22,24-26H2,1-7H3,(H,50,56)/t31-,32-,37?,39-,41-,47+/m0/s1. The van der Waals surface area contributed by atoms with Gasteiger partial charge in [0.2, 0.25) is 5.91 Å². The van der Waals surface area contributed by atoms with E-state index in [1.54, 1.807) is 18.2 Å². The maximum Gasteiger partial charge on any atom is 0.324 e. The molecular weight excluding hydrogens is 885 g/mol. The van der Waals surface area contributed by atoms with Crippen LogP contribution in [-0.4, -0.2) is 144 Å². The van der Waals surface area contributed by atoms with Gasteiger partial charge in [-0.15, -0.1) is 11.3 Å². The number of hydrazine groups is 1. The number of nitrogens with zero attached hydrogens (tertiary/aromatic N) is 6. The number of urea groups is 1. The molecule has 17 nitrogen and oxygen atoms in total. The summed E-state index contributed by atoms with van der Waals surface area (Å²) in [5, 5.41) is 7.99. The number of morpholine rings is 1. The summed E-state index contributed by atoms with van der Waals surface area (Å²) in [6.07, 6.45) is 2.56. The van der Waals surface area contributed by atoms with Crippen LogP contribution < -0.4 is 10.7 Å². The molecule has 7 heterocycles. The molecule has 2 N–H and O–H groups in total. The normalized spacial score (nSPS) is 26.5. The van der Waals surface area contributed by atoms with Gasteiger partial charge in [-0.3, -0.25) is 24.4 Å². The summed E-state index contributed by atoms with van der Waals surface area (Å²) in [5.41, 5.74) is 8.06. The molecule has 1 aromatic carbocycles. The van der Waals surface area contributed by atoms with E-state index in [4.69, 9.17) is 24.2 Å². The molecule has 1 spiro atoms. The number of hydrogen-bond acceptors (Lipinski definition) is 13. The van der Waals surface area contributed by atoms with Gasteiger partial charge in [0.1, 0.15) is 24.2 Å². The number of pyridine rings is 1. The third kappa shape index (κ3) is 8.07. The molecule has 4 aliphatic heterocycles. The molecule has 6 bridgehead atoms. The minimum absolute atomic E-state index is 0.0366. The highest BCUT2D eigenvalue weighted by Gasteiger charge is 2.52. The first-order valence-corrected chi connectivity index (χ1v) is 25.6. The number of likely N-dealkylation sites (N-methyl/N-ethyl adjacent to an activating group) is 1. The van der Waals surface area contributed by atoms with Crippen LogP contribution in [0.5, 0.6) is 0 Å². The summed E-state index contributed by atoms with van der Waals surface area (Å²) in [6.45, 7) is 11.5. The van der Waals surface area contributed by atoms with Gasteiger partial charge < -0.3 is 33.9 Å². The van der Waals surface area contributed by atoms with Crippen molar-refractivity contribution in [1.82, 2.24) is 40.1 Å². The second kappa shape index (κ2) is 17.6. The fourth-order valence-corrected chi connectivity index (χ4v) is 14.0. The number of hydrogen-bond donors (Lipinski definition) is 2. The summed E-state index contributed by atoms with van der Waals surface area (Å²) in [4.78, 5) is 70.7. The van der Waals surface area contributed by atoms with E-state index in [2.05, 4.69) is 60.3 Å². The first kappa shape index (κ1) is 46.2. The first-order chi connectivity index (χ1) is 31.5. The Bertz CT molecular complexity index is 2680. The lowest BCUT2D eigenvalue weighted by molar-refractivity contribution is -0.156. The third-order valence-electron chi connectivity index (χ3n) is 14.3. The summed E-state index contributed by atoms with van der Waals surface area (Å²) >= 11 is 1.38. The topological polar surface area (TPSA) is 195 Å². The summed E-state index contributed by atoms with van der Waals surface area (Å²) in [7, 11) is -0.148. The van der Waals surface area contributed by atoms with E-state index in [-0.39, 0.29) is 63.2 Å². The van der Waals surface area contributed by atoms with Crippen molar-refractivity contribution in [3.8, 4) is 22.5 Å². The maximum atomic E-state index is 14.7. The van der Waals surface area contributed by atoms with Gasteiger partial charge in [0.25, 0.3) is 5.91 Å². The van der Waals surface area contributed by atoms with Crippen molar-refractivity contribution >= 4 is 55.9 Å². The van der Waals surface area contributed by atoms with Gasteiger partial charge in [-0.25, -0.2) is 23.6 Å². The lowest BCUT2D eigenvalue weighted by atomic mass is 9.67. The lowest BCUT2D eigenvalue weighted by Gasteiger charge is -2.46. The number of amides is 4. The van der Waals surface area contributed by atoms with Crippen LogP contribution in [0.15, 0.2) is 41.9 Å². The number of carbonyl (C=O) groups is 4. The smallest absolute Gasteiger partial charge is 0.324 e. The molecular formula is C47H60N8O9S2. The second-order valence-electron chi connectivity index (χ2n) is 19.5. The minimum Gasteiger partial charge on any atom is -0.464 e. The molecule has 1 unspecified atom stereocenters. The third-order valence-corrected chi connectivity index (χ3v) is 16.9. The van der Waals surface area contributed by atoms with Gasteiger partial charge in [0.15, 0.2) is 9.84 Å². The lowest BCUT2D eigenvalue weighted by Crippen LogP contribution is -2.65. The number of benzene rings is 1. The van der Waals surface area contributed by atoms with Crippen LogP contribution >= 0.6 is 11.3 Å². The van der Waals surface area contributed by atoms with Crippen molar-refractivity contribution in [1.29, 1.82) is 0 Å². The predicted molar refractivity (Wildman–Crippen MR) is 248 cm³/mol. The summed E-state index contributed by atoms with van der Waals surface area (Å²) in [5.74, 6) is -2.44. The van der Waals surface area contributed by atoms with Gasteiger partial charge >= 0.3 is 12.0 Å². The fourth-order valence-electron chi connectivity index (χ4n) is 11.1. The minimum atomic E-state index is -3.39. The Hall–Kier alpha value is -4.95. The number of ether oxygens (including phenoxy) is 3. The number of esters is 1. The number of nitrogens with one attached hydrogen (secondary N) is 2. The molecule has 354 valence electrons. The number of carbonyl (C=O) groups excluding carboxylic acids is 4. The average Bonchev–Trinajstić information content (AvgIpc) is 3.99. The molecule has 3 saturated heterocycles. The van der Waals surface area contributed by atoms with Crippen molar-refractivity contribution < 1.29 is 41.8 Å². The van der Waals surface area contributed by atoms with Crippen LogP contribution in [0.25, 0.3) is 33.4 Å². The van der Waals surface area contributed by atoms with E-state index in [1.165, 1.54) is 28.3 Å². The molecule has 0 radical (unpaired) electrons. The Morgan fingerprint density at radius 3 is 2.68 bits per heavy atom. The highest BCUT2D eigenvalue weighted by atomic mass is 32.2. The quantitative estimate of drug-likeness (QED) is 0.254. The number of cyclic esters (lactones) is 1. The van der Waals surface area contributed by atoms with E-state index >= 15 is 0 Å².